The maximum absolute atomic E-state index is 12.1. The van der Waals surface area contributed by atoms with E-state index < -0.39 is 7.14 Å². The number of rotatable bonds is 9. The standard InChI is InChI=1S/C20H25O5P/c1-22-15-24-20-13-17(7-10-18(20)14-25-23-2)6-5-16-8-11-19(12-9-16)26(3,4)21/h5-13H,14-15H2,1-4H3. The lowest BCUT2D eigenvalue weighted by molar-refractivity contribution is -0.282. The fourth-order valence-electron chi connectivity index (χ4n) is 2.31. The van der Waals surface area contributed by atoms with Crippen molar-refractivity contribution in [3.05, 3.63) is 59.2 Å². The number of hydrogen-bond donors (Lipinski definition) is 0. The molecule has 0 heterocycles. The minimum atomic E-state index is -2.22. The average molecular weight is 376 g/mol. The molecule has 2 aromatic rings. The first-order valence-electron chi connectivity index (χ1n) is 8.18. The molecule has 0 fully saturated rings. The lowest BCUT2D eigenvalue weighted by atomic mass is 10.1. The monoisotopic (exact) mass is 376 g/mol. The second kappa shape index (κ2) is 9.70. The zero-order valence-corrected chi connectivity index (χ0v) is 16.5. The third-order valence-corrected chi connectivity index (χ3v) is 5.28. The largest absolute Gasteiger partial charge is 0.467 e. The Hall–Kier alpha value is -1.91. The highest BCUT2D eigenvalue weighted by molar-refractivity contribution is 7.70. The van der Waals surface area contributed by atoms with Crippen LogP contribution in [-0.2, 0) is 25.7 Å². The fourth-order valence-corrected chi connectivity index (χ4v) is 3.18. The summed E-state index contributed by atoms with van der Waals surface area (Å²) >= 11 is 0. The molecular weight excluding hydrogens is 351 g/mol. The Bertz CT molecular complexity index is 777. The predicted molar refractivity (Wildman–Crippen MR) is 105 cm³/mol. The topological polar surface area (TPSA) is 54.0 Å². The predicted octanol–water partition coefficient (Wildman–Crippen LogP) is 4.17. The molecule has 2 rings (SSSR count). The molecule has 5 nitrogen and oxygen atoms in total. The third kappa shape index (κ3) is 6.11. The number of methoxy groups -OCH3 is 1. The maximum Gasteiger partial charge on any atom is 0.188 e. The molecule has 0 saturated heterocycles. The molecule has 26 heavy (non-hydrogen) atoms. The van der Waals surface area contributed by atoms with E-state index in [1.807, 2.05) is 54.6 Å². The summed E-state index contributed by atoms with van der Waals surface area (Å²) < 4.78 is 22.7. The van der Waals surface area contributed by atoms with Crippen molar-refractivity contribution in [3.8, 4) is 5.75 Å². The molecular formula is C20H25O5P. The summed E-state index contributed by atoms with van der Waals surface area (Å²) in [6.07, 6.45) is 3.99. The van der Waals surface area contributed by atoms with Crippen molar-refractivity contribution in [2.24, 2.45) is 0 Å². The van der Waals surface area contributed by atoms with Gasteiger partial charge in [-0.05, 0) is 30.5 Å². The van der Waals surface area contributed by atoms with E-state index in [1.165, 1.54) is 7.11 Å². The summed E-state index contributed by atoms with van der Waals surface area (Å²) in [5.74, 6) is 0.680. The normalized spacial score (nSPS) is 11.8. The number of hydrogen-bond acceptors (Lipinski definition) is 5. The van der Waals surface area contributed by atoms with Crippen LogP contribution in [0.15, 0.2) is 42.5 Å². The first kappa shape index (κ1) is 20.4. The van der Waals surface area contributed by atoms with Gasteiger partial charge in [-0.25, -0.2) is 9.78 Å². The molecule has 0 spiro atoms. The Morgan fingerprint density at radius 3 is 2.23 bits per heavy atom. The first-order valence-corrected chi connectivity index (χ1v) is 10.8. The molecule has 140 valence electrons. The quantitative estimate of drug-likeness (QED) is 0.216. The Balaban J connectivity index is 2.17. The van der Waals surface area contributed by atoms with E-state index in [-0.39, 0.29) is 13.4 Å². The van der Waals surface area contributed by atoms with Crippen LogP contribution >= 0.6 is 7.14 Å². The minimum absolute atomic E-state index is 0.155. The lowest BCUT2D eigenvalue weighted by Crippen LogP contribution is -2.03. The molecule has 0 unspecified atom stereocenters. The Labute approximate surface area is 154 Å². The van der Waals surface area contributed by atoms with Crippen LogP contribution in [0.5, 0.6) is 5.75 Å². The Morgan fingerprint density at radius 2 is 1.62 bits per heavy atom. The molecule has 0 bridgehead atoms. The maximum atomic E-state index is 12.1. The smallest absolute Gasteiger partial charge is 0.188 e. The van der Waals surface area contributed by atoms with E-state index in [0.29, 0.717) is 5.75 Å². The van der Waals surface area contributed by atoms with Crippen molar-refractivity contribution in [3.63, 3.8) is 0 Å². The van der Waals surface area contributed by atoms with Gasteiger partial charge >= 0.3 is 0 Å². The molecule has 0 atom stereocenters. The van der Waals surface area contributed by atoms with Crippen LogP contribution in [0.3, 0.4) is 0 Å². The highest BCUT2D eigenvalue weighted by Gasteiger charge is 2.09. The van der Waals surface area contributed by atoms with Gasteiger partial charge in [-0.3, -0.25) is 0 Å². The Kier molecular flexibility index (Phi) is 7.61. The van der Waals surface area contributed by atoms with Gasteiger partial charge in [0.2, 0.25) is 0 Å². The van der Waals surface area contributed by atoms with Gasteiger partial charge in [0.15, 0.2) is 6.79 Å². The van der Waals surface area contributed by atoms with E-state index in [1.54, 1.807) is 20.4 Å². The lowest BCUT2D eigenvalue weighted by Gasteiger charge is -2.11. The number of benzene rings is 2. The fraction of sp³-hybridized carbons (Fsp3) is 0.300. The molecule has 0 aliphatic heterocycles. The molecule has 2 aromatic carbocycles. The van der Waals surface area contributed by atoms with Gasteiger partial charge in [-0.1, -0.05) is 48.6 Å². The molecule has 0 amide bonds. The van der Waals surface area contributed by atoms with Crippen molar-refractivity contribution in [1.82, 2.24) is 0 Å². The second-order valence-electron chi connectivity index (χ2n) is 6.12. The van der Waals surface area contributed by atoms with Crippen LogP contribution in [0.2, 0.25) is 0 Å². The Morgan fingerprint density at radius 1 is 0.962 bits per heavy atom. The van der Waals surface area contributed by atoms with Crippen LogP contribution in [-0.4, -0.2) is 34.3 Å². The van der Waals surface area contributed by atoms with E-state index in [0.717, 1.165) is 22.0 Å². The van der Waals surface area contributed by atoms with Gasteiger partial charge in [0.1, 0.15) is 19.5 Å². The van der Waals surface area contributed by atoms with E-state index >= 15 is 0 Å². The van der Waals surface area contributed by atoms with E-state index in [2.05, 4.69) is 4.89 Å². The van der Waals surface area contributed by atoms with Gasteiger partial charge in [0, 0.05) is 18.0 Å². The zero-order chi connectivity index (χ0) is 19.0. The summed E-state index contributed by atoms with van der Waals surface area (Å²) in [5, 5.41) is 0.882. The molecule has 6 heteroatoms. The summed E-state index contributed by atoms with van der Waals surface area (Å²) in [6, 6.07) is 13.6. The van der Waals surface area contributed by atoms with Gasteiger partial charge in [0.25, 0.3) is 0 Å². The van der Waals surface area contributed by atoms with E-state index in [9.17, 15) is 4.57 Å². The third-order valence-electron chi connectivity index (χ3n) is 3.74. The number of ether oxygens (including phenoxy) is 2. The van der Waals surface area contributed by atoms with Crippen molar-refractivity contribution >= 4 is 24.6 Å². The van der Waals surface area contributed by atoms with Crippen LogP contribution < -0.4 is 10.0 Å². The molecule has 0 aromatic heterocycles. The van der Waals surface area contributed by atoms with E-state index in [4.69, 9.17) is 14.4 Å². The van der Waals surface area contributed by atoms with Crippen molar-refractivity contribution < 1.29 is 23.8 Å². The summed E-state index contributed by atoms with van der Waals surface area (Å²) in [7, 11) is 0.818. The molecule has 0 radical (unpaired) electrons. The van der Waals surface area contributed by atoms with Crippen molar-refractivity contribution in [1.29, 1.82) is 0 Å². The minimum Gasteiger partial charge on any atom is -0.467 e. The molecule has 0 aliphatic carbocycles. The van der Waals surface area contributed by atoms with Crippen LogP contribution in [0.25, 0.3) is 12.2 Å². The second-order valence-corrected chi connectivity index (χ2v) is 9.34. The average Bonchev–Trinajstić information content (AvgIpc) is 2.63. The van der Waals surface area contributed by atoms with Crippen LogP contribution in [0, 0.1) is 0 Å². The van der Waals surface area contributed by atoms with Crippen molar-refractivity contribution in [2.45, 2.75) is 6.61 Å². The molecule has 0 N–H and O–H groups in total. The van der Waals surface area contributed by atoms with Crippen LogP contribution in [0.1, 0.15) is 16.7 Å². The molecule has 0 saturated carbocycles. The van der Waals surface area contributed by atoms with Gasteiger partial charge < -0.3 is 14.0 Å². The molecule has 0 aliphatic rings. The summed E-state index contributed by atoms with van der Waals surface area (Å²) in [4.78, 5) is 9.64. The highest BCUT2D eigenvalue weighted by atomic mass is 31.2. The SMILES string of the molecule is COCOc1cc(C=Cc2ccc(P(C)(C)=O)cc2)ccc1COOC. The van der Waals surface area contributed by atoms with Crippen molar-refractivity contribution in [2.75, 3.05) is 34.3 Å². The highest BCUT2D eigenvalue weighted by Crippen LogP contribution is 2.34. The summed E-state index contributed by atoms with van der Waals surface area (Å²) in [5.41, 5.74) is 2.89. The van der Waals surface area contributed by atoms with Gasteiger partial charge in [-0.2, -0.15) is 0 Å². The van der Waals surface area contributed by atoms with Gasteiger partial charge in [0.05, 0.1) is 7.11 Å². The van der Waals surface area contributed by atoms with Gasteiger partial charge in [-0.15, -0.1) is 0 Å². The first-order chi connectivity index (χ1) is 12.4. The summed E-state index contributed by atoms with van der Waals surface area (Å²) in [6.45, 7) is 3.99. The zero-order valence-electron chi connectivity index (χ0n) is 15.6. The van der Waals surface area contributed by atoms with Crippen LogP contribution in [0.4, 0.5) is 0 Å².